The van der Waals surface area contributed by atoms with Gasteiger partial charge in [-0.05, 0) is 36.4 Å². The van der Waals surface area contributed by atoms with E-state index in [1.807, 2.05) is 22.9 Å². The lowest BCUT2D eigenvalue weighted by Gasteiger charge is -2.10. The Hall–Kier alpha value is -2.70. The minimum atomic E-state index is -4.34. The third-order valence-electron chi connectivity index (χ3n) is 3.51. The molecule has 0 radical (unpaired) electrons. The standard InChI is InChI=1S/C16H14F3N3O/c17-16(18,19)11-1-3-12(4-2-11)23-10-9-22-8-6-13-14(22)5-7-21-15(13)20/h1-8H,9-10H2,(H2,20,21). The molecule has 0 atom stereocenters. The van der Waals surface area contributed by atoms with Gasteiger partial charge in [-0.25, -0.2) is 4.98 Å². The molecule has 2 N–H and O–H groups in total. The number of anilines is 1. The number of halogens is 3. The highest BCUT2D eigenvalue weighted by atomic mass is 19.4. The lowest BCUT2D eigenvalue weighted by Crippen LogP contribution is -2.08. The van der Waals surface area contributed by atoms with Crippen LogP contribution in [0.2, 0.25) is 0 Å². The molecule has 2 aromatic heterocycles. The second-order valence-corrected chi connectivity index (χ2v) is 5.01. The monoisotopic (exact) mass is 321 g/mol. The van der Waals surface area contributed by atoms with E-state index in [2.05, 4.69) is 4.98 Å². The number of alkyl halides is 3. The molecule has 120 valence electrons. The second kappa shape index (κ2) is 5.83. The van der Waals surface area contributed by atoms with Crippen LogP contribution in [0.1, 0.15) is 5.56 Å². The topological polar surface area (TPSA) is 53.1 Å². The summed E-state index contributed by atoms with van der Waals surface area (Å²) in [7, 11) is 0. The van der Waals surface area contributed by atoms with Gasteiger partial charge in [0, 0.05) is 17.8 Å². The molecule has 7 heteroatoms. The highest BCUT2D eigenvalue weighted by molar-refractivity contribution is 5.88. The smallest absolute Gasteiger partial charge is 0.416 e. The maximum atomic E-state index is 12.5. The maximum absolute atomic E-state index is 12.5. The van der Waals surface area contributed by atoms with E-state index >= 15 is 0 Å². The molecule has 0 aliphatic carbocycles. The number of benzene rings is 1. The number of hydrogen-bond donors (Lipinski definition) is 1. The molecule has 0 fully saturated rings. The van der Waals surface area contributed by atoms with Crippen molar-refractivity contribution in [3.8, 4) is 5.75 Å². The zero-order valence-electron chi connectivity index (χ0n) is 12.0. The van der Waals surface area contributed by atoms with Gasteiger partial charge in [-0.2, -0.15) is 13.2 Å². The first-order valence-corrected chi connectivity index (χ1v) is 6.94. The Balaban J connectivity index is 1.64. The number of nitrogens with zero attached hydrogens (tertiary/aromatic N) is 2. The van der Waals surface area contributed by atoms with Gasteiger partial charge >= 0.3 is 6.18 Å². The summed E-state index contributed by atoms with van der Waals surface area (Å²) in [6.45, 7) is 0.880. The van der Waals surface area contributed by atoms with Crippen molar-refractivity contribution in [3.05, 3.63) is 54.4 Å². The van der Waals surface area contributed by atoms with Gasteiger partial charge < -0.3 is 15.0 Å². The third-order valence-corrected chi connectivity index (χ3v) is 3.51. The highest BCUT2D eigenvalue weighted by Gasteiger charge is 2.29. The van der Waals surface area contributed by atoms with Crippen LogP contribution in [0.5, 0.6) is 5.75 Å². The predicted molar refractivity (Wildman–Crippen MR) is 81.1 cm³/mol. The quantitative estimate of drug-likeness (QED) is 0.797. The number of aromatic nitrogens is 2. The summed E-state index contributed by atoms with van der Waals surface area (Å²) in [5, 5.41) is 0.863. The largest absolute Gasteiger partial charge is 0.492 e. The fraction of sp³-hybridized carbons (Fsp3) is 0.188. The van der Waals surface area contributed by atoms with E-state index in [0.29, 0.717) is 24.7 Å². The number of fused-ring (bicyclic) bond motifs is 1. The van der Waals surface area contributed by atoms with E-state index < -0.39 is 11.7 Å². The zero-order chi connectivity index (χ0) is 16.4. The first-order valence-electron chi connectivity index (χ1n) is 6.94. The van der Waals surface area contributed by atoms with Crippen LogP contribution in [-0.2, 0) is 12.7 Å². The summed E-state index contributed by atoms with van der Waals surface area (Å²) in [5.41, 5.74) is 6.04. The molecule has 0 saturated carbocycles. The summed E-state index contributed by atoms with van der Waals surface area (Å²) >= 11 is 0. The van der Waals surface area contributed by atoms with E-state index in [0.717, 1.165) is 23.0 Å². The van der Waals surface area contributed by atoms with Gasteiger partial charge in [-0.15, -0.1) is 0 Å². The molecule has 3 aromatic rings. The first-order chi connectivity index (χ1) is 10.9. The molecule has 0 amide bonds. The van der Waals surface area contributed by atoms with Crippen molar-refractivity contribution in [2.75, 3.05) is 12.3 Å². The van der Waals surface area contributed by atoms with Crippen LogP contribution in [0, 0.1) is 0 Å². The molecule has 0 aliphatic rings. The van der Waals surface area contributed by atoms with Crippen molar-refractivity contribution in [2.45, 2.75) is 12.7 Å². The summed E-state index contributed by atoms with van der Waals surface area (Å²) in [5.74, 6) is 0.862. The van der Waals surface area contributed by atoms with E-state index in [-0.39, 0.29) is 0 Å². The Morgan fingerprint density at radius 1 is 1.09 bits per heavy atom. The van der Waals surface area contributed by atoms with Gasteiger partial charge in [0.15, 0.2) is 0 Å². The molecule has 0 aliphatic heterocycles. The van der Waals surface area contributed by atoms with Crippen molar-refractivity contribution in [1.29, 1.82) is 0 Å². The van der Waals surface area contributed by atoms with Crippen molar-refractivity contribution >= 4 is 16.7 Å². The van der Waals surface area contributed by atoms with E-state index in [1.54, 1.807) is 6.20 Å². The molecule has 4 nitrogen and oxygen atoms in total. The van der Waals surface area contributed by atoms with Crippen LogP contribution in [0.3, 0.4) is 0 Å². The Labute approximate surface area is 130 Å². The Morgan fingerprint density at radius 3 is 2.52 bits per heavy atom. The SMILES string of the molecule is Nc1nccc2c1ccn2CCOc1ccc(C(F)(F)F)cc1. The lowest BCUT2D eigenvalue weighted by molar-refractivity contribution is -0.137. The molecular weight excluding hydrogens is 307 g/mol. The van der Waals surface area contributed by atoms with Crippen molar-refractivity contribution < 1.29 is 17.9 Å². The Bertz CT molecular complexity index is 810. The maximum Gasteiger partial charge on any atom is 0.416 e. The fourth-order valence-corrected chi connectivity index (χ4v) is 2.34. The molecule has 0 saturated heterocycles. The van der Waals surface area contributed by atoms with Gasteiger partial charge in [0.2, 0.25) is 0 Å². The second-order valence-electron chi connectivity index (χ2n) is 5.01. The van der Waals surface area contributed by atoms with E-state index in [9.17, 15) is 13.2 Å². The van der Waals surface area contributed by atoms with Crippen LogP contribution >= 0.6 is 0 Å². The third kappa shape index (κ3) is 3.23. The van der Waals surface area contributed by atoms with E-state index in [1.165, 1.54) is 12.1 Å². The Kier molecular flexibility index (Phi) is 3.85. The molecule has 0 spiro atoms. The predicted octanol–water partition coefficient (Wildman–Crippen LogP) is 3.72. The summed E-state index contributed by atoms with van der Waals surface area (Å²) in [4.78, 5) is 4.02. The van der Waals surface area contributed by atoms with Crippen molar-refractivity contribution in [2.24, 2.45) is 0 Å². The van der Waals surface area contributed by atoms with Crippen LogP contribution in [0.15, 0.2) is 48.8 Å². The molecule has 0 unspecified atom stereocenters. The van der Waals surface area contributed by atoms with Gasteiger partial charge in [-0.1, -0.05) is 0 Å². The van der Waals surface area contributed by atoms with Crippen LogP contribution in [-0.4, -0.2) is 16.2 Å². The van der Waals surface area contributed by atoms with Gasteiger partial charge in [0.1, 0.15) is 18.2 Å². The fourth-order valence-electron chi connectivity index (χ4n) is 2.34. The van der Waals surface area contributed by atoms with Gasteiger partial charge in [0.25, 0.3) is 0 Å². The molecule has 3 rings (SSSR count). The van der Waals surface area contributed by atoms with E-state index in [4.69, 9.17) is 10.5 Å². The summed E-state index contributed by atoms with van der Waals surface area (Å²) < 4.78 is 44.9. The van der Waals surface area contributed by atoms with Crippen molar-refractivity contribution in [3.63, 3.8) is 0 Å². The minimum absolute atomic E-state index is 0.331. The number of rotatable bonds is 4. The number of nitrogen functional groups attached to an aromatic ring is 1. The average molecular weight is 321 g/mol. The van der Waals surface area contributed by atoms with Crippen LogP contribution in [0.25, 0.3) is 10.9 Å². The number of ether oxygens (including phenoxy) is 1. The molecule has 1 aromatic carbocycles. The lowest BCUT2D eigenvalue weighted by atomic mass is 10.2. The summed E-state index contributed by atoms with van der Waals surface area (Å²) in [6.07, 6.45) is -0.833. The van der Waals surface area contributed by atoms with Gasteiger partial charge in [-0.3, -0.25) is 0 Å². The zero-order valence-corrected chi connectivity index (χ0v) is 12.0. The van der Waals surface area contributed by atoms with Crippen LogP contribution < -0.4 is 10.5 Å². The normalized spacial score (nSPS) is 11.8. The Morgan fingerprint density at radius 2 is 1.83 bits per heavy atom. The number of hydrogen-bond acceptors (Lipinski definition) is 3. The number of nitrogens with two attached hydrogens (primary N) is 1. The van der Waals surface area contributed by atoms with Crippen molar-refractivity contribution in [1.82, 2.24) is 9.55 Å². The minimum Gasteiger partial charge on any atom is -0.492 e. The molecule has 0 bridgehead atoms. The van der Waals surface area contributed by atoms with Crippen LogP contribution in [0.4, 0.5) is 19.0 Å². The molecule has 2 heterocycles. The molecular formula is C16H14F3N3O. The summed E-state index contributed by atoms with van der Waals surface area (Å²) in [6, 6.07) is 8.37. The first kappa shape index (κ1) is 15.2. The number of pyridine rings is 1. The highest BCUT2D eigenvalue weighted by Crippen LogP contribution is 2.30. The van der Waals surface area contributed by atoms with Gasteiger partial charge in [0.05, 0.1) is 17.6 Å². The average Bonchev–Trinajstić information content (AvgIpc) is 2.92. The molecule has 23 heavy (non-hydrogen) atoms.